The Labute approximate surface area is 233 Å². The van der Waals surface area contributed by atoms with Gasteiger partial charge >= 0.3 is 5.97 Å². The van der Waals surface area contributed by atoms with Crippen molar-refractivity contribution < 1.29 is 19.0 Å². The number of methoxy groups -OCH3 is 1. The van der Waals surface area contributed by atoms with Crippen LogP contribution < -0.4 is 24.4 Å². The molecule has 3 aromatic rings. The number of ether oxygens (including phenoxy) is 3. The van der Waals surface area contributed by atoms with E-state index in [1.807, 2.05) is 55.5 Å². The van der Waals surface area contributed by atoms with Gasteiger partial charge in [-0.3, -0.25) is 9.36 Å². The number of esters is 1. The minimum atomic E-state index is -0.754. The Kier molecular flexibility index (Phi) is 9.01. The van der Waals surface area contributed by atoms with Gasteiger partial charge in [-0.1, -0.05) is 65.4 Å². The monoisotopic (exact) mass is 596 g/mol. The highest BCUT2D eigenvalue weighted by Gasteiger charge is 2.36. The molecule has 198 valence electrons. The number of aromatic nitrogens is 1. The molecule has 0 aliphatic carbocycles. The van der Waals surface area contributed by atoms with Gasteiger partial charge in [0.2, 0.25) is 0 Å². The second-order valence-electron chi connectivity index (χ2n) is 8.47. The van der Waals surface area contributed by atoms with Gasteiger partial charge in [-0.15, -0.1) is 0 Å². The smallest absolute Gasteiger partial charge is 0.338 e. The predicted octanol–water partition coefficient (Wildman–Crippen LogP) is 4.91. The summed E-state index contributed by atoms with van der Waals surface area (Å²) in [5.74, 6) is 0.784. The van der Waals surface area contributed by atoms with E-state index in [9.17, 15) is 9.59 Å². The van der Waals surface area contributed by atoms with Gasteiger partial charge in [0.15, 0.2) is 4.80 Å². The zero-order valence-corrected chi connectivity index (χ0v) is 23.9. The molecule has 4 rings (SSSR count). The van der Waals surface area contributed by atoms with Crippen molar-refractivity contribution in [2.75, 3.05) is 20.3 Å². The Bertz CT molecular complexity index is 1550. The largest absolute Gasteiger partial charge is 0.496 e. The van der Waals surface area contributed by atoms with E-state index >= 15 is 0 Å². The highest BCUT2D eigenvalue weighted by atomic mass is 79.9. The van der Waals surface area contributed by atoms with E-state index in [-0.39, 0.29) is 12.2 Å². The van der Waals surface area contributed by atoms with Crippen molar-refractivity contribution in [1.29, 1.82) is 0 Å². The third kappa shape index (κ3) is 5.68. The quantitative estimate of drug-likeness (QED) is 0.245. The van der Waals surface area contributed by atoms with Crippen LogP contribution in [0.1, 0.15) is 43.9 Å². The van der Waals surface area contributed by atoms with Crippen LogP contribution >= 0.6 is 27.3 Å². The lowest BCUT2D eigenvalue weighted by Crippen LogP contribution is -2.40. The number of hydrogen-bond donors (Lipinski definition) is 0. The fourth-order valence-corrected chi connectivity index (χ4v) is 5.70. The number of benzene rings is 2. The summed E-state index contributed by atoms with van der Waals surface area (Å²) in [4.78, 5) is 32.6. The van der Waals surface area contributed by atoms with Crippen molar-refractivity contribution >= 4 is 39.3 Å². The number of thiazole rings is 1. The lowest BCUT2D eigenvalue weighted by atomic mass is 9.93. The van der Waals surface area contributed by atoms with E-state index in [2.05, 4.69) is 22.5 Å². The fourth-order valence-electron chi connectivity index (χ4n) is 4.30. The number of carbonyl (C=O) groups is 1. The first-order chi connectivity index (χ1) is 18.4. The van der Waals surface area contributed by atoms with Crippen LogP contribution in [0.2, 0.25) is 0 Å². The molecule has 9 heteroatoms. The van der Waals surface area contributed by atoms with Crippen LogP contribution in [0.25, 0.3) is 6.08 Å². The first-order valence-corrected chi connectivity index (χ1v) is 13.9. The van der Waals surface area contributed by atoms with Crippen LogP contribution in [0.5, 0.6) is 11.5 Å². The standard InChI is InChI=1S/C29H29BrN2O5S/c1-5-8-22-25(28(34)36-7-3)26(21-17-19(30)11-14-23(21)35-4)32-27(33)24(38-29(32)31-22)16-18-9-12-20(13-10-18)37-15-6-2/h6,9-14,16-17,26H,2,5,7-8,15H2,1,3-4H3/b24-16+/t26-/m1/s1. The van der Waals surface area contributed by atoms with Gasteiger partial charge < -0.3 is 14.2 Å². The maximum atomic E-state index is 13.9. The molecule has 0 spiro atoms. The third-order valence-electron chi connectivity index (χ3n) is 5.92. The summed E-state index contributed by atoms with van der Waals surface area (Å²) in [6.45, 7) is 8.07. The Morgan fingerprint density at radius 1 is 1.21 bits per heavy atom. The molecule has 7 nitrogen and oxygen atoms in total. The molecule has 1 aliphatic rings. The van der Waals surface area contributed by atoms with Crippen molar-refractivity contribution in [3.8, 4) is 11.5 Å². The first-order valence-electron chi connectivity index (χ1n) is 12.3. The van der Waals surface area contributed by atoms with Crippen molar-refractivity contribution in [2.24, 2.45) is 4.99 Å². The molecule has 0 saturated heterocycles. The number of carbonyl (C=O) groups excluding carboxylic acids is 1. The molecule has 2 aromatic carbocycles. The van der Waals surface area contributed by atoms with Gasteiger partial charge in [-0.25, -0.2) is 9.79 Å². The molecule has 1 aromatic heterocycles. The summed E-state index contributed by atoms with van der Waals surface area (Å²) in [7, 11) is 1.57. The van der Waals surface area contributed by atoms with Crippen molar-refractivity contribution in [1.82, 2.24) is 4.57 Å². The number of fused-ring (bicyclic) bond motifs is 1. The molecule has 1 atom stereocenters. The van der Waals surface area contributed by atoms with Gasteiger partial charge in [0, 0.05) is 10.0 Å². The molecule has 38 heavy (non-hydrogen) atoms. The van der Waals surface area contributed by atoms with Crippen LogP contribution in [0.3, 0.4) is 0 Å². The molecule has 0 fully saturated rings. The summed E-state index contributed by atoms with van der Waals surface area (Å²) in [6, 6.07) is 12.3. The van der Waals surface area contributed by atoms with Crippen LogP contribution in [-0.4, -0.2) is 30.9 Å². The van der Waals surface area contributed by atoms with Gasteiger partial charge in [0.1, 0.15) is 24.1 Å². The average Bonchev–Trinajstić information content (AvgIpc) is 3.22. The summed E-state index contributed by atoms with van der Waals surface area (Å²) in [5.41, 5.74) is 2.24. The second-order valence-corrected chi connectivity index (χ2v) is 10.4. The molecule has 2 heterocycles. The zero-order valence-electron chi connectivity index (χ0n) is 21.5. The summed E-state index contributed by atoms with van der Waals surface area (Å²) < 4.78 is 19.6. The second kappa shape index (κ2) is 12.4. The summed E-state index contributed by atoms with van der Waals surface area (Å²) >= 11 is 4.83. The lowest BCUT2D eigenvalue weighted by molar-refractivity contribution is -0.139. The fraction of sp³-hybridized carbons (Fsp3) is 0.276. The Balaban J connectivity index is 1.95. The van der Waals surface area contributed by atoms with E-state index in [0.29, 0.717) is 50.7 Å². The summed E-state index contributed by atoms with van der Waals surface area (Å²) in [5, 5.41) is 0. The molecule has 0 N–H and O–H groups in total. The highest BCUT2D eigenvalue weighted by molar-refractivity contribution is 9.10. The van der Waals surface area contributed by atoms with Crippen molar-refractivity contribution in [3.63, 3.8) is 0 Å². The Morgan fingerprint density at radius 2 is 1.97 bits per heavy atom. The minimum absolute atomic E-state index is 0.209. The molecular weight excluding hydrogens is 568 g/mol. The molecular formula is C29H29BrN2O5S. The summed E-state index contributed by atoms with van der Waals surface area (Å²) in [6.07, 6.45) is 4.85. The van der Waals surface area contributed by atoms with Crippen LogP contribution in [0.4, 0.5) is 0 Å². The Hall–Kier alpha value is -3.43. The van der Waals surface area contributed by atoms with E-state index in [1.165, 1.54) is 11.3 Å². The van der Waals surface area contributed by atoms with Gasteiger partial charge in [0.05, 0.1) is 29.5 Å². The number of hydrogen-bond acceptors (Lipinski definition) is 7. The van der Waals surface area contributed by atoms with E-state index in [1.54, 1.807) is 24.7 Å². The number of rotatable bonds is 10. The zero-order chi connectivity index (χ0) is 27.2. The van der Waals surface area contributed by atoms with Gasteiger partial charge in [-0.2, -0.15) is 0 Å². The molecule has 1 aliphatic heterocycles. The van der Waals surface area contributed by atoms with E-state index in [0.717, 1.165) is 16.5 Å². The maximum absolute atomic E-state index is 13.9. The predicted molar refractivity (Wildman–Crippen MR) is 152 cm³/mol. The van der Waals surface area contributed by atoms with Crippen LogP contribution in [0.15, 0.2) is 80.6 Å². The normalized spacial score (nSPS) is 15.1. The highest BCUT2D eigenvalue weighted by Crippen LogP contribution is 2.38. The van der Waals surface area contributed by atoms with Gasteiger partial charge in [-0.05, 0) is 55.3 Å². The molecule has 0 bridgehead atoms. The van der Waals surface area contributed by atoms with Crippen LogP contribution in [-0.2, 0) is 9.53 Å². The molecule has 0 amide bonds. The van der Waals surface area contributed by atoms with E-state index in [4.69, 9.17) is 19.2 Å². The Morgan fingerprint density at radius 3 is 2.63 bits per heavy atom. The molecule has 0 saturated carbocycles. The maximum Gasteiger partial charge on any atom is 0.338 e. The number of allylic oxidation sites excluding steroid dienone is 1. The molecule has 0 unspecified atom stereocenters. The topological polar surface area (TPSA) is 79.1 Å². The molecule has 0 radical (unpaired) electrons. The van der Waals surface area contributed by atoms with Gasteiger partial charge in [0.25, 0.3) is 5.56 Å². The van der Waals surface area contributed by atoms with Crippen LogP contribution in [0, 0.1) is 0 Å². The van der Waals surface area contributed by atoms with Crippen molar-refractivity contribution in [2.45, 2.75) is 32.7 Å². The van der Waals surface area contributed by atoms with Crippen molar-refractivity contribution in [3.05, 3.63) is 102 Å². The average molecular weight is 598 g/mol. The van der Waals surface area contributed by atoms with E-state index < -0.39 is 12.0 Å². The first kappa shape index (κ1) is 27.6. The lowest BCUT2D eigenvalue weighted by Gasteiger charge is -2.27. The third-order valence-corrected chi connectivity index (χ3v) is 7.40. The number of nitrogens with zero attached hydrogens (tertiary/aromatic N) is 2. The number of halogens is 1. The minimum Gasteiger partial charge on any atom is -0.496 e. The SMILES string of the molecule is C=CCOc1ccc(/C=c2/sc3n(c2=O)[C@H](c2cc(Br)ccc2OC)C(C(=O)OCC)=C(CCC)N=3)cc1.